The first-order valence-corrected chi connectivity index (χ1v) is 7.42. The Bertz CT molecular complexity index is 790. The first-order chi connectivity index (χ1) is 10.5. The number of benzene rings is 2. The SMILES string of the molecule is Nc1ccc2c(c1)C(=O)N(CCc1ccc(Cl)cc1Cl)C2=O. The topological polar surface area (TPSA) is 63.4 Å². The van der Waals surface area contributed by atoms with E-state index in [-0.39, 0.29) is 18.4 Å². The number of carbonyl (C=O) groups is 2. The molecule has 2 aromatic rings. The van der Waals surface area contributed by atoms with Crippen LogP contribution in [0.5, 0.6) is 0 Å². The molecular weight excluding hydrogens is 323 g/mol. The lowest BCUT2D eigenvalue weighted by atomic mass is 10.1. The van der Waals surface area contributed by atoms with E-state index in [4.69, 9.17) is 28.9 Å². The number of imide groups is 1. The lowest BCUT2D eigenvalue weighted by Gasteiger charge is -2.14. The molecule has 6 heteroatoms. The monoisotopic (exact) mass is 334 g/mol. The molecule has 0 unspecified atom stereocenters. The maximum Gasteiger partial charge on any atom is 0.261 e. The highest BCUT2D eigenvalue weighted by atomic mass is 35.5. The van der Waals surface area contributed by atoms with Gasteiger partial charge in [0, 0.05) is 22.3 Å². The van der Waals surface area contributed by atoms with Crippen LogP contribution in [-0.4, -0.2) is 23.3 Å². The zero-order valence-electron chi connectivity index (χ0n) is 11.5. The minimum atomic E-state index is -0.322. The predicted octanol–water partition coefficient (Wildman–Crippen LogP) is 3.41. The summed E-state index contributed by atoms with van der Waals surface area (Å²) in [6.45, 7) is 0.258. The number of carbonyl (C=O) groups excluding carboxylic acids is 2. The fraction of sp³-hybridized carbons (Fsp3) is 0.125. The van der Waals surface area contributed by atoms with E-state index in [1.807, 2.05) is 0 Å². The van der Waals surface area contributed by atoms with Gasteiger partial charge in [-0.05, 0) is 42.3 Å². The molecular formula is C16H12Cl2N2O2. The van der Waals surface area contributed by atoms with Crippen molar-refractivity contribution in [2.24, 2.45) is 0 Å². The minimum absolute atomic E-state index is 0.258. The molecule has 0 spiro atoms. The normalized spacial score (nSPS) is 13.6. The van der Waals surface area contributed by atoms with Crippen molar-refractivity contribution in [3.05, 3.63) is 63.1 Å². The third kappa shape index (κ3) is 2.56. The van der Waals surface area contributed by atoms with Crippen LogP contribution in [0, 0.1) is 0 Å². The van der Waals surface area contributed by atoms with Crippen molar-refractivity contribution < 1.29 is 9.59 Å². The molecule has 1 heterocycles. The number of fused-ring (bicyclic) bond motifs is 1. The standard InChI is InChI=1S/C16H12Cl2N2O2/c17-10-2-1-9(14(18)7-10)5-6-20-15(21)12-4-3-11(19)8-13(12)16(20)22/h1-4,7-8H,5-6,19H2. The van der Waals surface area contributed by atoms with Gasteiger partial charge in [-0.3, -0.25) is 14.5 Å². The van der Waals surface area contributed by atoms with E-state index < -0.39 is 0 Å². The van der Waals surface area contributed by atoms with Gasteiger partial charge in [-0.2, -0.15) is 0 Å². The molecule has 1 aliphatic rings. The summed E-state index contributed by atoms with van der Waals surface area (Å²) in [5, 5.41) is 1.07. The molecule has 2 N–H and O–H groups in total. The number of hydrogen-bond acceptors (Lipinski definition) is 3. The van der Waals surface area contributed by atoms with Gasteiger partial charge in [0.15, 0.2) is 0 Å². The van der Waals surface area contributed by atoms with Crippen molar-refractivity contribution in [2.45, 2.75) is 6.42 Å². The quantitative estimate of drug-likeness (QED) is 0.691. The molecule has 0 saturated carbocycles. The third-order valence-corrected chi connectivity index (χ3v) is 4.20. The molecule has 2 aromatic carbocycles. The Labute approximate surface area is 137 Å². The molecule has 0 aromatic heterocycles. The molecule has 4 nitrogen and oxygen atoms in total. The molecule has 0 saturated heterocycles. The number of rotatable bonds is 3. The lowest BCUT2D eigenvalue weighted by molar-refractivity contribution is 0.0656. The number of nitrogens with two attached hydrogens (primary N) is 1. The number of hydrogen-bond donors (Lipinski definition) is 1. The molecule has 0 atom stereocenters. The van der Waals surface area contributed by atoms with E-state index >= 15 is 0 Å². The van der Waals surface area contributed by atoms with Crippen LogP contribution in [0.25, 0.3) is 0 Å². The fourth-order valence-electron chi connectivity index (χ4n) is 2.47. The molecule has 22 heavy (non-hydrogen) atoms. The Morgan fingerprint density at radius 3 is 2.41 bits per heavy atom. The van der Waals surface area contributed by atoms with Gasteiger partial charge in [0.1, 0.15) is 0 Å². The Morgan fingerprint density at radius 1 is 0.955 bits per heavy atom. The van der Waals surface area contributed by atoms with Crippen LogP contribution in [0.15, 0.2) is 36.4 Å². The zero-order valence-corrected chi connectivity index (χ0v) is 13.0. The van der Waals surface area contributed by atoms with Gasteiger partial charge in [-0.1, -0.05) is 29.3 Å². The first kappa shape index (κ1) is 14.9. The van der Waals surface area contributed by atoms with Crippen molar-refractivity contribution in [3.8, 4) is 0 Å². The molecule has 0 aliphatic carbocycles. The average molecular weight is 335 g/mol. The lowest BCUT2D eigenvalue weighted by Crippen LogP contribution is -2.31. The Kier molecular flexibility index (Phi) is 3.81. The highest BCUT2D eigenvalue weighted by molar-refractivity contribution is 6.35. The minimum Gasteiger partial charge on any atom is -0.399 e. The fourth-order valence-corrected chi connectivity index (χ4v) is 2.97. The van der Waals surface area contributed by atoms with Crippen molar-refractivity contribution in [3.63, 3.8) is 0 Å². The summed E-state index contributed by atoms with van der Waals surface area (Å²) >= 11 is 12.0. The number of halogens is 2. The van der Waals surface area contributed by atoms with Gasteiger partial charge in [0.2, 0.25) is 0 Å². The highest BCUT2D eigenvalue weighted by Crippen LogP contribution is 2.26. The second kappa shape index (κ2) is 5.63. The van der Waals surface area contributed by atoms with E-state index in [2.05, 4.69) is 0 Å². The predicted molar refractivity (Wildman–Crippen MR) is 86.4 cm³/mol. The zero-order chi connectivity index (χ0) is 15.9. The molecule has 0 fully saturated rings. The highest BCUT2D eigenvalue weighted by Gasteiger charge is 2.35. The third-order valence-electron chi connectivity index (χ3n) is 3.61. The van der Waals surface area contributed by atoms with Gasteiger partial charge in [-0.15, -0.1) is 0 Å². The number of nitrogen functional groups attached to an aromatic ring is 1. The van der Waals surface area contributed by atoms with Crippen LogP contribution in [0.4, 0.5) is 5.69 Å². The van der Waals surface area contributed by atoms with E-state index in [9.17, 15) is 9.59 Å². The number of amides is 2. The van der Waals surface area contributed by atoms with Gasteiger partial charge >= 0.3 is 0 Å². The second-order valence-electron chi connectivity index (χ2n) is 5.05. The van der Waals surface area contributed by atoms with E-state index in [1.165, 1.54) is 11.0 Å². The Morgan fingerprint density at radius 2 is 1.68 bits per heavy atom. The van der Waals surface area contributed by atoms with Crippen LogP contribution in [-0.2, 0) is 6.42 Å². The Hall–Kier alpha value is -2.04. The summed E-state index contributed by atoms with van der Waals surface area (Å²) in [5.74, 6) is -0.623. The summed E-state index contributed by atoms with van der Waals surface area (Å²) in [4.78, 5) is 25.8. The molecule has 3 rings (SSSR count). The maximum absolute atomic E-state index is 12.3. The van der Waals surface area contributed by atoms with Crippen LogP contribution in [0.1, 0.15) is 26.3 Å². The van der Waals surface area contributed by atoms with E-state index in [1.54, 1.807) is 30.3 Å². The van der Waals surface area contributed by atoms with Crippen molar-refractivity contribution >= 4 is 40.7 Å². The smallest absolute Gasteiger partial charge is 0.261 e. The van der Waals surface area contributed by atoms with Gasteiger partial charge in [0.25, 0.3) is 11.8 Å². The van der Waals surface area contributed by atoms with Gasteiger partial charge < -0.3 is 5.73 Å². The molecule has 1 aliphatic heterocycles. The largest absolute Gasteiger partial charge is 0.399 e. The maximum atomic E-state index is 12.3. The summed E-state index contributed by atoms with van der Waals surface area (Å²) in [6, 6.07) is 9.89. The van der Waals surface area contributed by atoms with Crippen LogP contribution < -0.4 is 5.73 Å². The number of nitrogens with zero attached hydrogens (tertiary/aromatic N) is 1. The summed E-state index contributed by atoms with van der Waals surface area (Å²) in [7, 11) is 0. The summed E-state index contributed by atoms with van der Waals surface area (Å²) < 4.78 is 0. The summed E-state index contributed by atoms with van der Waals surface area (Å²) in [6.07, 6.45) is 0.469. The van der Waals surface area contributed by atoms with Gasteiger partial charge in [-0.25, -0.2) is 0 Å². The average Bonchev–Trinajstić information content (AvgIpc) is 2.70. The molecule has 0 bridgehead atoms. The Balaban J connectivity index is 1.80. The molecule has 112 valence electrons. The van der Waals surface area contributed by atoms with Crippen LogP contribution >= 0.6 is 23.2 Å². The van der Waals surface area contributed by atoms with Crippen molar-refractivity contribution in [1.29, 1.82) is 0 Å². The van der Waals surface area contributed by atoms with E-state index in [0.717, 1.165) is 5.56 Å². The van der Waals surface area contributed by atoms with Crippen LogP contribution in [0.2, 0.25) is 10.0 Å². The molecule has 0 radical (unpaired) electrons. The van der Waals surface area contributed by atoms with Crippen LogP contribution in [0.3, 0.4) is 0 Å². The second-order valence-corrected chi connectivity index (χ2v) is 5.90. The van der Waals surface area contributed by atoms with E-state index in [0.29, 0.717) is 33.3 Å². The van der Waals surface area contributed by atoms with Crippen molar-refractivity contribution in [1.82, 2.24) is 4.90 Å². The molecule has 2 amide bonds. The number of anilines is 1. The van der Waals surface area contributed by atoms with Gasteiger partial charge in [0.05, 0.1) is 11.1 Å². The first-order valence-electron chi connectivity index (χ1n) is 6.67. The summed E-state index contributed by atoms with van der Waals surface area (Å²) in [5.41, 5.74) is 7.71. The van der Waals surface area contributed by atoms with Crippen molar-refractivity contribution in [2.75, 3.05) is 12.3 Å².